The van der Waals surface area contributed by atoms with Gasteiger partial charge in [-0.1, -0.05) is 56.4 Å². The lowest BCUT2D eigenvalue weighted by Crippen LogP contribution is -2.26. The van der Waals surface area contributed by atoms with E-state index in [0.717, 1.165) is 41.4 Å². The van der Waals surface area contributed by atoms with Gasteiger partial charge in [0.2, 0.25) is 0 Å². The minimum absolute atomic E-state index is 0.0916. The molecule has 0 atom stereocenters. The number of hydrogen-bond acceptors (Lipinski definition) is 6. The van der Waals surface area contributed by atoms with Crippen molar-refractivity contribution in [2.75, 3.05) is 18.6 Å². The molecule has 0 spiro atoms. The van der Waals surface area contributed by atoms with Gasteiger partial charge < -0.3 is 19.5 Å². The molecule has 0 saturated heterocycles. The minimum atomic E-state index is -4.39. The van der Waals surface area contributed by atoms with Crippen molar-refractivity contribution in [2.45, 2.75) is 57.9 Å². The number of carbonyl (C=O) groups is 1. The van der Waals surface area contributed by atoms with Crippen LogP contribution in [-0.2, 0) is 19.3 Å². The molecule has 1 fully saturated rings. The maximum Gasteiger partial charge on any atom is 0.416 e. The van der Waals surface area contributed by atoms with Gasteiger partial charge in [0.05, 0.1) is 23.9 Å². The lowest BCUT2D eigenvalue weighted by Gasteiger charge is -2.27. The van der Waals surface area contributed by atoms with Crippen LogP contribution in [0.2, 0.25) is 0 Å². The number of ether oxygens (including phenoxy) is 2. The number of rotatable bonds is 12. The summed E-state index contributed by atoms with van der Waals surface area (Å²) in [6.45, 7) is 1.51. The van der Waals surface area contributed by atoms with Crippen molar-refractivity contribution < 1.29 is 32.5 Å². The van der Waals surface area contributed by atoms with Gasteiger partial charge >= 0.3 is 12.1 Å². The number of carboxylic acid groups (broad SMARTS) is 1. The van der Waals surface area contributed by atoms with E-state index in [9.17, 15) is 23.1 Å². The second-order valence-corrected chi connectivity index (χ2v) is 11.9. The average molecular weight is 625 g/mol. The van der Waals surface area contributed by atoms with E-state index in [-0.39, 0.29) is 12.2 Å². The number of halogens is 3. The van der Waals surface area contributed by atoms with Crippen LogP contribution in [0.3, 0.4) is 0 Å². The Labute approximate surface area is 259 Å². The molecule has 1 aromatic heterocycles. The van der Waals surface area contributed by atoms with Crippen LogP contribution >= 0.6 is 11.3 Å². The molecule has 6 nitrogen and oxygen atoms in total. The summed E-state index contributed by atoms with van der Waals surface area (Å²) in [6, 6.07) is 17.3. The molecule has 1 saturated carbocycles. The standard InChI is InChI=1S/C34H35F3N2O4S/c1-42-28-15-16-31(43-21-25-9-13-27(14-10-25)34(35,36)37)29(19-28)30-22-44-33(38-30)39(18-17-23-5-3-2-4-6-23)20-24-7-11-26(12-8-24)32(40)41/h7-16,19,22-23H,2-6,17-18,20-21H2,1H3,(H,40,41). The number of hydrogen-bond donors (Lipinski definition) is 1. The summed E-state index contributed by atoms with van der Waals surface area (Å²) in [7, 11) is 1.58. The predicted molar refractivity (Wildman–Crippen MR) is 166 cm³/mol. The van der Waals surface area contributed by atoms with E-state index in [0.29, 0.717) is 35.2 Å². The highest BCUT2D eigenvalue weighted by Gasteiger charge is 2.30. The van der Waals surface area contributed by atoms with E-state index in [2.05, 4.69) is 4.90 Å². The highest BCUT2D eigenvalue weighted by Crippen LogP contribution is 2.38. The molecule has 44 heavy (non-hydrogen) atoms. The number of nitrogens with zero attached hydrogens (tertiary/aromatic N) is 2. The lowest BCUT2D eigenvalue weighted by molar-refractivity contribution is -0.137. The van der Waals surface area contributed by atoms with Crippen molar-refractivity contribution in [1.29, 1.82) is 0 Å². The minimum Gasteiger partial charge on any atom is -0.497 e. The number of anilines is 1. The van der Waals surface area contributed by atoms with E-state index in [4.69, 9.17) is 14.5 Å². The second kappa shape index (κ2) is 14.2. The van der Waals surface area contributed by atoms with Crippen LogP contribution in [0.1, 0.15) is 65.6 Å². The van der Waals surface area contributed by atoms with E-state index in [1.54, 1.807) is 31.4 Å². The molecule has 0 bridgehead atoms. The summed E-state index contributed by atoms with van der Waals surface area (Å²) in [6.07, 6.45) is 3.00. The van der Waals surface area contributed by atoms with Crippen LogP contribution in [0.15, 0.2) is 72.1 Å². The maximum atomic E-state index is 13.0. The zero-order valence-electron chi connectivity index (χ0n) is 24.5. The number of carboxylic acids is 1. The smallest absolute Gasteiger partial charge is 0.416 e. The Balaban J connectivity index is 1.37. The molecule has 1 aliphatic carbocycles. The van der Waals surface area contributed by atoms with E-state index >= 15 is 0 Å². The van der Waals surface area contributed by atoms with Crippen molar-refractivity contribution >= 4 is 22.4 Å². The molecule has 1 heterocycles. The van der Waals surface area contributed by atoms with Gasteiger partial charge in [-0.3, -0.25) is 0 Å². The van der Waals surface area contributed by atoms with Crippen molar-refractivity contribution in [3.05, 3.63) is 94.4 Å². The zero-order chi connectivity index (χ0) is 31.1. The quantitative estimate of drug-likeness (QED) is 0.170. The summed E-state index contributed by atoms with van der Waals surface area (Å²) in [5.41, 5.74) is 2.58. The van der Waals surface area contributed by atoms with Crippen molar-refractivity contribution in [2.24, 2.45) is 5.92 Å². The molecular weight excluding hydrogens is 589 g/mol. The SMILES string of the molecule is COc1ccc(OCc2ccc(C(F)(F)F)cc2)c(-c2csc(N(CCC3CCCCC3)Cc3ccc(C(=O)O)cc3)n2)c1. The third kappa shape index (κ3) is 8.11. The summed E-state index contributed by atoms with van der Waals surface area (Å²) >= 11 is 1.52. The first kappa shape index (κ1) is 31.4. The third-order valence-corrected chi connectivity index (χ3v) is 8.91. The van der Waals surface area contributed by atoms with Crippen LogP contribution in [0.25, 0.3) is 11.3 Å². The normalized spacial score (nSPS) is 13.9. The first-order valence-corrected chi connectivity index (χ1v) is 15.6. The average Bonchev–Trinajstić information content (AvgIpc) is 3.52. The Morgan fingerprint density at radius 3 is 2.36 bits per heavy atom. The maximum absolute atomic E-state index is 13.0. The summed E-state index contributed by atoms with van der Waals surface area (Å²) < 4.78 is 50.5. The van der Waals surface area contributed by atoms with Gasteiger partial charge in [0.25, 0.3) is 0 Å². The topological polar surface area (TPSA) is 71.9 Å². The summed E-state index contributed by atoms with van der Waals surface area (Å²) in [4.78, 5) is 18.6. The monoisotopic (exact) mass is 624 g/mol. The molecule has 0 unspecified atom stereocenters. The predicted octanol–water partition coefficient (Wildman–Crippen LogP) is 9.09. The van der Waals surface area contributed by atoms with Crippen LogP contribution in [0, 0.1) is 5.92 Å². The van der Waals surface area contributed by atoms with Gasteiger partial charge in [0, 0.05) is 24.0 Å². The fourth-order valence-corrected chi connectivity index (χ4v) is 6.33. The van der Waals surface area contributed by atoms with Gasteiger partial charge in [-0.2, -0.15) is 13.2 Å². The van der Waals surface area contributed by atoms with Gasteiger partial charge in [-0.05, 0) is 65.9 Å². The number of thiazole rings is 1. The van der Waals surface area contributed by atoms with Gasteiger partial charge in [0.15, 0.2) is 5.13 Å². The van der Waals surface area contributed by atoms with Crippen LogP contribution < -0.4 is 14.4 Å². The fourth-order valence-electron chi connectivity index (χ4n) is 5.48. The van der Waals surface area contributed by atoms with E-state index < -0.39 is 17.7 Å². The van der Waals surface area contributed by atoms with Crippen molar-refractivity contribution in [3.8, 4) is 22.8 Å². The number of aromatic nitrogens is 1. The Morgan fingerprint density at radius 2 is 1.70 bits per heavy atom. The first-order valence-electron chi connectivity index (χ1n) is 14.7. The molecule has 1 aliphatic rings. The molecule has 10 heteroatoms. The summed E-state index contributed by atoms with van der Waals surface area (Å²) in [5, 5.41) is 12.1. The Hall–Kier alpha value is -4.05. The largest absolute Gasteiger partial charge is 0.497 e. The Bertz CT molecular complexity index is 1530. The van der Waals surface area contributed by atoms with Gasteiger partial charge in [0.1, 0.15) is 18.1 Å². The van der Waals surface area contributed by atoms with Crippen LogP contribution in [0.5, 0.6) is 11.5 Å². The molecule has 0 radical (unpaired) electrons. The number of alkyl halides is 3. The summed E-state index contributed by atoms with van der Waals surface area (Å²) in [5.74, 6) is 0.901. The Kier molecular flexibility index (Phi) is 10.1. The Morgan fingerprint density at radius 1 is 1.00 bits per heavy atom. The molecular formula is C34H35F3N2O4S. The molecule has 0 aliphatic heterocycles. The molecule has 1 N–H and O–H groups in total. The highest BCUT2D eigenvalue weighted by molar-refractivity contribution is 7.14. The molecule has 3 aromatic carbocycles. The van der Waals surface area contributed by atoms with Gasteiger partial charge in [-0.25, -0.2) is 9.78 Å². The molecule has 5 rings (SSSR count). The number of methoxy groups -OCH3 is 1. The van der Waals surface area contributed by atoms with Crippen molar-refractivity contribution in [3.63, 3.8) is 0 Å². The third-order valence-electron chi connectivity index (χ3n) is 8.01. The molecule has 4 aromatic rings. The van der Waals surface area contributed by atoms with Gasteiger partial charge in [-0.15, -0.1) is 11.3 Å². The zero-order valence-corrected chi connectivity index (χ0v) is 25.3. The van der Waals surface area contributed by atoms with Crippen LogP contribution in [-0.4, -0.2) is 29.7 Å². The number of aromatic carboxylic acids is 1. The number of benzene rings is 3. The lowest BCUT2D eigenvalue weighted by atomic mass is 9.87. The highest BCUT2D eigenvalue weighted by atomic mass is 32.1. The second-order valence-electron chi connectivity index (χ2n) is 11.1. The van der Waals surface area contributed by atoms with Crippen molar-refractivity contribution in [1.82, 2.24) is 4.98 Å². The molecule has 232 valence electrons. The van der Waals surface area contributed by atoms with E-state index in [1.807, 2.05) is 23.6 Å². The molecule has 0 amide bonds. The fraction of sp³-hybridized carbons (Fsp3) is 0.353. The van der Waals surface area contributed by atoms with Crippen LogP contribution in [0.4, 0.5) is 18.3 Å². The first-order chi connectivity index (χ1) is 21.2. The van der Waals surface area contributed by atoms with E-state index in [1.165, 1.54) is 55.6 Å².